The molecule has 40 heavy (non-hydrogen) atoms. The fraction of sp³-hybridized carbons (Fsp3) is 0.433. The van der Waals surface area contributed by atoms with Crippen molar-refractivity contribution in [3.8, 4) is 22.9 Å². The molecule has 2 saturated heterocycles. The number of benzene rings is 1. The molecule has 7 nitrogen and oxygen atoms in total. The van der Waals surface area contributed by atoms with Gasteiger partial charge in [-0.05, 0) is 30.2 Å². The third-order valence-corrected chi connectivity index (χ3v) is 8.11. The molecule has 1 N–H and O–H groups in total. The van der Waals surface area contributed by atoms with Crippen molar-refractivity contribution >= 4 is 21.9 Å². The average molecular weight is 549 g/mol. The van der Waals surface area contributed by atoms with Gasteiger partial charge in [0.25, 0.3) is 5.92 Å². The van der Waals surface area contributed by atoms with Gasteiger partial charge in [-0.15, -0.1) is 0 Å². The van der Waals surface area contributed by atoms with Crippen LogP contribution in [0.15, 0.2) is 42.7 Å². The van der Waals surface area contributed by atoms with Crippen molar-refractivity contribution in [2.45, 2.75) is 50.9 Å². The van der Waals surface area contributed by atoms with Crippen LogP contribution in [0.3, 0.4) is 0 Å². The molecule has 0 amide bonds. The van der Waals surface area contributed by atoms with Gasteiger partial charge in [0.05, 0.1) is 17.1 Å². The van der Waals surface area contributed by atoms with E-state index in [4.69, 9.17) is 4.74 Å². The Bertz CT molecular complexity index is 1550. The van der Waals surface area contributed by atoms with Crippen LogP contribution in [-0.4, -0.2) is 75.7 Å². The number of alkyl halides is 3. The first kappa shape index (κ1) is 26.5. The summed E-state index contributed by atoms with van der Waals surface area (Å²) in [5, 5.41) is 11.2. The van der Waals surface area contributed by atoms with Gasteiger partial charge in [0, 0.05) is 62.7 Å². The Kier molecular flexibility index (Phi) is 7.11. The van der Waals surface area contributed by atoms with E-state index in [1.165, 1.54) is 0 Å². The zero-order valence-corrected chi connectivity index (χ0v) is 22.3. The minimum Gasteiger partial charge on any atom is -0.483 e. The average Bonchev–Trinajstić information content (AvgIpc) is 3.34. The number of fused-ring (bicyclic) bond motifs is 3. The van der Waals surface area contributed by atoms with Gasteiger partial charge in [-0.1, -0.05) is 31.2 Å². The van der Waals surface area contributed by atoms with Crippen molar-refractivity contribution in [3.05, 3.63) is 54.0 Å². The number of likely N-dealkylation sites (tertiary alicyclic amines) is 2. The van der Waals surface area contributed by atoms with Crippen molar-refractivity contribution in [1.82, 2.24) is 24.8 Å². The third-order valence-electron chi connectivity index (χ3n) is 8.11. The van der Waals surface area contributed by atoms with E-state index in [9.17, 15) is 14.0 Å². The van der Waals surface area contributed by atoms with Gasteiger partial charge in [0.1, 0.15) is 24.0 Å². The highest BCUT2D eigenvalue weighted by Crippen LogP contribution is 2.37. The number of halogens is 3. The summed E-state index contributed by atoms with van der Waals surface area (Å²) in [7, 11) is 0. The Morgan fingerprint density at radius 2 is 1.85 bits per heavy atom. The Labute approximate surface area is 230 Å². The minimum absolute atomic E-state index is 0.0972. The van der Waals surface area contributed by atoms with E-state index in [2.05, 4.69) is 25.9 Å². The van der Waals surface area contributed by atoms with E-state index >= 15 is 4.39 Å². The monoisotopic (exact) mass is 548 g/mol. The topological polar surface area (TPSA) is 81.1 Å². The highest BCUT2D eigenvalue weighted by atomic mass is 19.3. The number of pyridine rings is 2. The SMILES string of the molecule is CCN1CCC(Oc2c(C#N)ncc3[nH]c4ncc(-c5ccc(CN6CCC(F)(F)CC6)cc5)cc4c23)[C@@H](F)C1. The summed E-state index contributed by atoms with van der Waals surface area (Å²) in [5.41, 5.74) is 4.28. The summed E-state index contributed by atoms with van der Waals surface area (Å²) in [6, 6.07) is 12.1. The normalized spacial score (nSPS) is 22.0. The lowest BCUT2D eigenvalue weighted by Gasteiger charge is -2.34. The van der Waals surface area contributed by atoms with Crippen LogP contribution in [0, 0.1) is 11.3 Å². The van der Waals surface area contributed by atoms with Gasteiger partial charge in [-0.2, -0.15) is 5.26 Å². The molecule has 10 heteroatoms. The number of hydrogen-bond acceptors (Lipinski definition) is 6. The van der Waals surface area contributed by atoms with Gasteiger partial charge in [-0.25, -0.2) is 23.1 Å². The van der Waals surface area contributed by atoms with Gasteiger partial charge >= 0.3 is 0 Å². The molecule has 208 valence electrons. The van der Waals surface area contributed by atoms with E-state index in [1.54, 1.807) is 12.4 Å². The zero-order valence-electron chi connectivity index (χ0n) is 22.3. The molecule has 1 aromatic carbocycles. The Balaban J connectivity index is 1.29. The molecule has 6 rings (SSSR count). The molecule has 1 unspecified atom stereocenters. The second kappa shape index (κ2) is 10.7. The molecule has 2 fully saturated rings. The summed E-state index contributed by atoms with van der Waals surface area (Å²) >= 11 is 0. The molecule has 5 heterocycles. The molecule has 4 aromatic rings. The number of nitriles is 1. The first-order chi connectivity index (χ1) is 19.3. The molecule has 2 atom stereocenters. The van der Waals surface area contributed by atoms with Gasteiger partial charge in [-0.3, -0.25) is 4.90 Å². The van der Waals surface area contributed by atoms with Crippen molar-refractivity contribution in [2.75, 3.05) is 32.7 Å². The van der Waals surface area contributed by atoms with Crippen LogP contribution in [0.25, 0.3) is 33.1 Å². The van der Waals surface area contributed by atoms with E-state index in [-0.39, 0.29) is 24.3 Å². The second-order valence-electron chi connectivity index (χ2n) is 10.8. The van der Waals surface area contributed by atoms with E-state index in [0.29, 0.717) is 49.1 Å². The number of piperidine rings is 2. The van der Waals surface area contributed by atoms with Crippen molar-refractivity contribution < 1.29 is 17.9 Å². The summed E-state index contributed by atoms with van der Waals surface area (Å²) in [4.78, 5) is 16.2. The number of aromatic amines is 1. The Morgan fingerprint density at radius 3 is 2.55 bits per heavy atom. The molecule has 0 saturated carbocycles. The quantitative estimate of drug-likeness (QED) is 0.333. The first-order valence-electron chi connectivity index (χ1n) is 13.8. The molecule has 3 aromatic heterocycles. The van der Waals surface area contributed by atoms with Crippen LogP contribution >= 0.6 is 0 Å². The maximum absolute atomic E-state index is 15.0. The number of nitrogens with one attached hydrogen (secondary N) is 1. The fourth-order valence-corrected chi connectivity index (χ4v) is 5.71. The maximum atomic E-state index is 15.0. The standard InChI is InChI=1S/C30H31F3N6O/c1-2-38-10-7-26(23(31)18-38)40-28-24(14-34)35-16-25-27(28)22-13-21(15-36-29(22)37-25)20-5-3-19(4-6-20)17-39-11-8-30(32,33)9-12-39/h3-6,13,15-16,23,26H,2,7-12,17-18H2,1H3,(H,36,37)/t23-,26?/m0/s1. The highest BCUT2D eigenvalue weighted by Gasteiger charge is 2.34. The van der Waals surface area contributed by atoms with Crippen LogP contribution < -0.4 is 4.74 Å². The predicted molar refractivity (Wildman–Crippen MR) is 147 cm³/mol. The smallest absolute Gasteiger partial charge is 0.250 e. The second-order valence-corrected chi connectivity index (χ2v) is 10.8. The fourth-order valence-electron chi connectivity index (χ4n) is 5.71. The van der Waals surface area contributed by atoms with Crippen LogP contribution in [0.4, 0.5) is 13.2 Å². The minimum atomic E-state index is -2.55. The number of hydrogen-bond donors (Lipinski definition) is 1. The maximum Gasteiger partial charge on any atom is 0.250 e. The number of H-pyrrole nitrogens is 1. The summed E-state index contributed by atoms with van der Waals surface area (Å²) in [6.07, 6.45) is 1.85. The summed E-state index contributed by atoms with van der Waals surface area (Å²) < 4.78 is 48.2. The third kappa shape index (κ3) is 5.23. The van der Waals surface area contributed by atoms with Gasteiger partial charge in [0.2, 0.25) is 0 Å². The lowest BCUT2D eigenvalue weighted by molar-refractivity contribution is -0.0566. The highest BCUT2D eigenvalue weighted by molar-refractivity contribution is 6.10. The van der Waals surface area contributed by atoms with Crippen LogP contribution in [0.2, 0.25) is 0 Å². The molecular weight excluding hydrogens is 517 g/mol. The van der Waals surface area contributed by atoms with E-state index in [0.717, 1.165) is 35.2 Å². The molecule has 0 radical (unpaired) electrons. The van der Waals surface area contributed by atoms with Crippen LogP contribution in [-0.2, 0) is 6.54 Å². The predicted octanol–water partition coefficient (Wildman–Crippen LogP) is 5.69. The molecule has 0 bridgehead atoms. The number of aromatic nitrogens is 3. The summed E-state index contributed by atoms with van der Waals surface area (Å²) in [5.74, 6) is -2.27. The largest absolute Gasteiger partial charge is 0.483 e. The van der Waals surface area contributed by atoms with Crippen molar-refractivity contribution in [3.63, 3.8) is 0 Å². The first-order valence-corrected chi connectivity index (χ1v) is 13.8. The lowest BCUT2D eigenvalue weighted by Crippen LogP contribution is -2.46. The van der Waals surface area contributed by atoms with Crippen molar-refractivity contribution in [2.24, 2.45) is 0 Å². The molecule has 2 aliphatic heterocycles. The number of ether oxygens (including phenoxy) is 1. The number of rotatable bonds is 6. The zero-order chi connectivity index (χ0) is 27.9. The van der Waals surface area contributed by atoms with Crippen LogP contribution in [0.1, 0.15) is 37.4 Å². The molecule has 0 spiro atoms. The summed E-state index contributed by atoms with van der Waals surface area (Å²) in [6.45, 7) is 5.23. The lowest BCUT2D eigenvalue weighted by atomic mass is 10.0. The van der Waals surface area contributed by atoms with Crippen molar-refractivity contribution in [1.29, 1.82) is 5.26 Å². The molecule has 0 aliphatic carbocycles. The number of nitrogens with zero attached hydrogens (tertiary/aromatic N) is 5. The van der Waals surface area contributed by atoms with E-state index < -0.39 is 18.2 Å². The van der Waals surface area contributed by atoms with Crippen LogP contribution in [0.5, 0.6) is 5.75 Å². The molecule has 2 aliphatic rings. The molecular formula is C30H31F3N6O. The Hall–Kier alpha value is -3.68. The van der Waals surface area contributed by atoms with Gasteiger partial charge in [0.15, 0.2) is 11.4 Å². The van der Waals surface area contributed by atoms with E-state index in [1.807, 2.05) is 42.2 Å². The van der Waals surface area contributed by atoms with Gasteiger partial charge < -0.3 is 14.6 Å². The Morgan fingerprint density at radius 1 is 1.07 bits per heavy atom.